The van der Waals surface area contributed by atoms with Crippen LogP contribution in [0, 0.1) is 17.7 Å². The molecule has 3 aromatic rings. The number of carbonyl (C=O) groups is 1. The number of halogens is 1. The van der Waals surface area contributed by atoms with Crippen LogP contribution in [0.3, 0.4) is 0 Å². The summed E-state index contributed by atoms with van der Waals surface area (Å²) in [5.74, 6) is 0.719. The molecule has 2 fully saturated rings. The van der Waals surface area contributed by atoms with E-state index in [-0.39, 0.29) is 17.9 Å². The van der Waals surface area contributed by atoms with Crippen LogP contribution in [0.1, 0.15) is 24.6 Å². The smallest absolute Gasteiger partial charge is 0.225 e. The molecule has 1 saturated carbocycles. The normalized spacial score (nSPS) is 20.9. The molecule has 158 valence electrons. The predicted octanol–water partition coefficient (Wildman–Crippen LogP) is 3.69. The Hall–Kier alpha value is -3.35. The molecule has 1 unspecified atom stereocenters. The third-order valence-electron chi connectivity index (χ3n) is 6.58. The van der Waals surface area contributed by atoms with Crippen LogP contribution in [0.2, 0.25) is 0 Å². The first-order chi connectivity index (χ1) is 15.2. The van der Waals surface area contributed by atoms with Gasteiger partial charge in [-0.2, -0.15) is 5.10 Å². The Labute approximate surface area is 179 Å². The van der Waals surface area contributed by atoms with Crippen molar-refractivity contribution in [1.82, 2.24) is 20.2 Å². The number of rotatable bonds is 5. The first-order valence-corrected chi connectivity index (χ1v) is 10.9. The van der Waals surface area contributed by atoms with Crippen molar-refractivity contribution < 1.29 is 9.18 Å². The molecule has 1 atom stereocenters. The molecule has 6 nitrogen and oxygen atoms in total. The van der Waals surface area contributed by atoms with Crippen LogP contribution < -0.4 is 5.43 Å². The van der Waals surface area contributed by atoms with Gasteiger partial charge in [0.05, 0.1) is 0 Å². The van der Waals surface area contributed by atoms with Crippen molar-refractivity contribution in [3.8, 4) is 11.1 Å². The lowest BCUT2D eigenvalue weighted by Gasteiger charge is -2.42. The number of fused-ring (bicyclic) bond motifs is 1. The van der Waals surface area contributed by atoms with Crippen molar-refractivity contribution >= 4 is 23.1 Å². The maximum Gasteiger partial charge on any atom is 0.225 e. The van der Waals surface area contributed by atoms with Crippen LogP contribution in [0.4, 0.5) is 4.39 Å². The van der Waals surface area contributed by atoms with Crippen LogP contribution in [-0.2, 0) is 4.79 Å². The maximum atomic E-state index is 15.1. The van der Waals surface area contributed by atoms with Crippen LogP contribution in [0.15, 0.2) is 53.8 Å². The molecule has 1 amide bonds. The van der Waals surface area contributed by atoms with E-state index >= 15 is 4.39 Å². The topological polar surface area (TPSA) is 63.7 Å². The van der Waals surface area contributed by atoms with E-state index in [1.54, 1.807) is 12.4 Å². The fourth-order valence-electron chi connectivity index (χ4n) is 4.63. The van der Waals surface area contributed by atoms with Crippen LogP contribution >= 0.6 is 0 Å². The van der Waals surface area contributed by atoms with Gasteiger partial charge in [0.15, 0.2) is 0 Å². The fourth-order valence-corrected chi connectivity index (χ4v) is 4.63. The Kier molecular flexibility index (Phi) is 4.23. The third kappa shape index (κ3) is 3.34. The number of nitrogens with zero attached hydrogens (tertiary/aromatic N) is 3. The molecule has 31 heavy (non-hydrogen) atoms. The second-order valence-electron chi connectivity index (χ2n) is 8.87. The molecule has 2 aromatic carbocycles. The molecule has 2 N–H and O–H groups in total. The second kappa shape index (κ2) is 7.11. The highest BCUT2D eigenvalue weighted by atomic mass is 19.1. The van der Waals surface area contributed by atoms with E-state index in [1.807, 2.05) is 52.4 Å². The lowest BCUT2D eigenvalue weighted by molar-refractivity contribution is -0.139. The number of nitrogens with one attached hydrogen (secondary N) is 2. The third-order valence-corrected chi connectivity index (χ3v) is 6.58. The number of benzene rings is 2. The van der Waals surface area contributed by atoms with E-state index in [9.17, 15) is 4.79 Å². The molecule has 0 bridgehead atoms. The highest BCUT2D eigenvalue weighted by Crippen LogP contribution is 2.34. The van der Waals surface area contributed by atoms with Crippen molar-refractivity contribution in [3.05, 3.63) is 60.0 Å². The fraction of sp³-hybridized carbons (Fsp3) is 0.333. The summed E-state index contributed by atoms with van der Waals surface area (Å²) in [4.78, 5) is 19.3. The molecule has 0 spiro atoms. The Balaban J connectivity index is 1.16. The molecule has 0 radical (unpaired) electrons. The Bertz CT molecular complexity index is 1180. The SMILES string of the molecule is O=C(C1CC1)N1CC(CN2C=NNC2c2ccc(-c3ccc4cc[nH]c4c3)cc2F)C1. The summed E-state index contributed by atoms with van der Waals surface area (Å²) >= 11 is 0. The van der Waals surface area contributed by atoms with Gasteiger partial charge >= 0.3 is 0 Å². The highest BCUT2D eigenvalue weighted by Gasteiger charge is 2.40. The number of aromatic amines is 1. The summed E-state index contributed by atoms with van der Waals surface area (Å²) in [5.41, 5.74) is 6.46. The number of hydrogen-bond acceptors (Lipinski definition) is 4. The van der Waals surface area contributed by atoms with Gasteiger partial charge in [-0.05, 0) is 47.6 Å². The van der Waals surface area contributed by atoms with Gasteiger partial charge in [0.25, 0.3) is 0 Å². The quantitative estimate of drug-likeness (QED) is 0.666. The van der Waals surface area contributed by atoms with Gasteiger partial charge in [0.2, 0.25) is 5.91 Å². The number of H-pyrrole nitrogens is 1. The van der Waals surface area contributed by atoms with Gasteiger partial charge in [-0.3, -0.25) is 10.2 Å². The minimum Gasteiger partial charge on any atom is -0.361 e. The molecule has 6 rings (SSSR count). The number of hydrogen-bond donors (Lipinski definition) is 2. The molecule has 3 aliphatic rings. The van der Waals surface area contributed by atoms with E-state index in [0.29, 0.717) is 17.4 Å². The molecule has 3 heterocycles. The Morgan fingerprint density at radius 3 is 2.71 bits per heavy atom. The summed E-state index contributed by atoms with van der Waals surface area (Å²) in [6, 6.07) is 13.5. The number of aromatic nitrogens is 1. The van der Waals surface area contributed by atoms with E-state index in [4.69, 9.17) is 0 Å². The average Bonchev–Trinajstić information content (AvgIpc) is 3.32. The first kappa shape index (κ1) is 18.4. The highest BCUT2D eigenvalue weighted by molar-refractivity contribution is 5.85. The van der Waals surface area contributed by atoms with E-state index in [2.05, 4.69) is 15.5 Å². The number of carbonyl (C=O) groups excluding carboxylic acids is 1. The summed E-state index contributed by atoms with van der Waals surface area (Å²) in [6.45, 7) is 2.32. The van der Waals surface area contributed by atoms with E-state index in [1.165, 1.54) is 0 Å². The molecule has 1 aromatic heterocycles. The Morgan fingerprint density at radius 1 is 1.10 bits per heavy atom. The number of amides is 1. The van der Waals surface area contributed by atoms with Gasteiger partial charge in [0.1, 0.15) is 18.3 Å². The summed E-state index contributed by atoms with van der Waals surface area (Å²) < 4.78 is 15.1. The zero-order valence-electron chi connectivity index (χ0n) is 17.1. The second-order valence-corrected chi connectivity index (χ2v) is 8.87. The summed E-state index contributed by atoms with van der Waals surface area (Å²) in [5, 5.41) is 5.31. The monoisotopic (exact) mass is 417 g/mol. The number of hydrazone groups is 1. The minimum absolute atomic E-state index is 0.253. The molecule has 7 heteroatoms. The molecule has 1 aliphatic carbocycles. The summed E-state index contributed by atoms with van der Waals surface area (Å²) in [7, 11) is 0. The van der Waals surface area contributed by atoms with E-state index in [0.717, 1.165) is 54.5 Å². The largest absolute Gasteiger partial charge is 0.361 e. The average molecular weight is 417 g/mol. The maximum absolute atomic E-state index is 15.1. The predicted molar refractivity (Wildman–Crippen MR) is 118 cm³/mol. The van der Waals surface area contributed by atoms with Crippen molar-refractivity contribution in [3.63, 3.8) is 0 Å². The van der Waals surface area contributed by atoms with E-state index < -0.39 is 0 Å². The molecular weight excluding hydrogens is 393 g/mol. The van der Waals surface area contributed by atoms with Crippen molar-refractivity contribution in [2.45, 2.75) is 19.0 Å². The zero-order chi connectivity index (χ0) is 20.9. The van der Waals surface area contributed by atoms with Gasteiger partial charge in [0, 0.05) is 48.7 Å². The Morgan fingerprint density at radius 2 is 1.90 bits per heavy atom. The van der Waals surface area contributed by atoms with Crippen molar-refractivity contribution in [2.24, 2.45) is 16.9 Å². The minimum atomic E-state index is -0.326. The van der Waals surface area contributed by atoms with Gasteiger partial charge in [-0.25, -0.2) is 4.39 Å². The zero-order valence-corrected chi connectivity index (χ0v) is 17.1. The lowest BCUT2D eigenvalue weighted by atomic mass is 9.97. The number of likely N-dealkylation sites (tertiary alicyclic amines) is 1. The first-order valence-electron chi connectivity index (χ1n) is 10.9. The van der Waals surface area contributed by atoms with Crippen LogP contribution in [0.25, 0.3) is 22.0 Å². The van der Waals surface area contributed by atoms with Gasteiger partial charge in [-0.15, -0.1) is 0 Å². The standard InChI is InChI=1S/C24H24FN5O/c25-21-9-18(19-4-1-16-7-8-26-22(16)10-19)5-6-20(21)23-28-27-14-30(23)13-15-11-29(12-15)24(31)17-2-3-17/h1,4-10,14-15,17,23,26,28H,2-3,11-13H2. The molecule has 1 saturated heterocycles. The van der Waals surface area contributed by atoms with Gasteiger partial charge in [-0.1, -0.05) is 24.3 Å². The van der Waals surface area contributed by atoms with Crippen LogP contribution in [-0.4, -0.2) is 46.7 Å². The molecular formula is C24H24FN5O. The lowest BCUT2D eigenvalue weighted by Crippen LogP contribution is -2.54. The van der Waals surface area contributed by atoms with Gasteiger partial charge < -0.3 is 14.8 Å². The molecule has 2 aliphatic heterocycles. The summed E-state index contributed by atoms with van der Waals surface area (Å²) in [6.07, 6.45) is 5.40. The van der Waals surface area contributed by atoms with Crippen molar-refractivity contribution in [2.75, 3.05) is 19.6 Å². The van der Waals surface area contributed by atoms with Crippen molar-refractivity contribution in [1.29, 1.82) is 0 Å². The van der Waals surface area contributed by atoms with Crippen LogP contribution in [0.5, 0.6) is 0 Å².